The quantitative estimate of drug-likeness (QED) is 0.582. The number of aliphatic hydroxyl groups excluding tert-OH is 1. The molecule has 0 bridgehead atoms. The molecule has 3 fully saturated rings. The van der Waals surface area contributed by atoms with Crippen molar-refractivity contribution in [1.29, 1.82) is 0 Å². The second kappa shape index (κ2) is 5.40. The fourth-order valence-electron chi connectivity index (χ4n) is 6.95. The van der Waals surface area contributed by atoms with Crippen molar-refractivity contribution in [2.24, 2.45) is 28.1 Å². The van der Waals surface area contributed by atoms with Gasteiger partial charge in [0.2, 0.25) is 0 Å². The molecule has 4 heteroatoms. The van der Waals surface area contributed by atoms with Crippen molar-refractivity contribution in [1.82, 2.24) is 0 Å². The molecular weight excluding hydrogens is 316 g/mol. The van der Waals surface area contributed by atoms with Crippen LogP contribution < -0.4 is 0 Å². The van der Waals surface area contributed by atoms with Crippen molar-refractivity contribution in [2.45, 2.75) is 71.7 Å². The lowest BCUT2D eigenvalue weighted by Crippen LogP contribution is -2.63. The number of hydrogen-bond acceptors (Lipinski definition) is 4. The fourth-order valence-corrected chi connectivity index (χ4v) is 6.95. The zero-order valence-electron chi connectivity index (χ0n) is 16.0. The minimum atomic E-state index is -0.569. The Morgan fingerprint density at radius 1 is 1.08 bits per heavy atom. The summed E-state index contributed by atoms with van der Waals surface area (Å²) in [4.78, 5) is 11.4. The van der Waals surface area contributed by atoms with E-state index in [4.69, 9.17) is 9.47 Å². The van der Waals surface area contributed by atoms with Crippen LogP contribution in [0, 0.1) is 28.1 Å². The topological polar surface area (TPSA) is 55.8 Å². The van der Waals surface area contributed by atoms with Crippen molar-refractivity contribution >= 4 is 6.29 Å². The summed E-state index contributed by atoms with van der Waals surface area (Å²) in [6.07, 6.45) is 7.18. The van der Waals surface area contributed by atoms with Gasteiger partial charge in [-0.1, -0.05) is 39.3 Å². The lowest BCUT2D eigenvalue weighted by Gasteiger charge is -2.65. The molecule has 140 valence electrons. The zero-order chi connectivity index (χ0) is 18.1. The lowest BCUT2D eigenvalue weighted by atomic mass is 9.42. The highest BCUT2D eigenvalue weighted by atomic mass is 16.7. The third-order valence-corrected chi connectivity index (χ3v) is 8.36. The molecule has 2 saturated carbocycles. The third-order valence-electron chi connectivity index (χ3n) is 8.36. The minimum absolute atomic E-state index is 0.0336. The van der Waals surface area contributed by atoms with Gasteiger partial charge in [-0.15, -0.1) is 0 Å². The Morgan fingerprint density at radius 2 is 1.76 bits per heavy atom. The van der Waals surface area contributed by atoms with Gasteiger partial charge in [-0.3, -0.25) is 0 Å². The van der Waals surface area contributed by atoms with Gasteiger partial charge in [-0.25, -0.2) is 0 Å². The van der Waals surface area contributed by atoms with E-state index in [1.54, 1.807) is 0 Å². The monoisotopic (exact) mass is 348 g/mol. The van der Waals surface area contributed by atoms with Gasteiger partial charge < -0.3 is 19.4 Å². The molecule has 25 heavy (non-hydrogen) atoms. The maximum Gasteiger partial charge on any atom is 0.173 e. The van der Waals surface area contributed by atoms with Crippen molar-refractivity contribution in [3.05, 3.63) is 11.6 Å². The lowest BCUT2D eigenvalue weighted by molar-refractivity contribution is -0.286. The van der Waals surface area contributed by atoms with Crippen LogP contribution in [-0.2, 0) is 14.3 Å². The smallest absolute Gasteiger partial charge is 0.173 e. The standard InChI is InChI=1S/C21H32O4/c1-18(2)15-7-8-20(4)16(6-5-14(13-22)17(20)23)19(15,3)9-10-21(18)24-11-12-25-21/h6,13-15,17,23H,5,7-12H2,1-4H3/t14-,15+,17?,19+,20-/m1/s1. The molecule has 4 rings (SSSR count). The summed E-state index contributed by atoms with van der Waals surface area (Å²) in [5.41, 5.74) is 1.05. The highest BCUT2D eigenvalue weighted by molar-refractivity contribution is 5.57. The van der Waals surface area contributed by atoms with E-state index in [0.29, 0.717) is 25.6 Å². The van der Waals surface area contributed by atoms with E-state index < -0.39 is 11.9 Å². The Bertz CT molecular complexity index is 603. The number of carbonyl (C=O) groups excluding carboxylic acids is 1. The fraction of sp³-hybridized carbons (Fsp3) is 0.857. The number of hydrogen-bond donors (Lipinski definition) is 1. The first-order chi connectivity index (χ1) is 11.7. The number of allylic oxidation sites excluding steroid dienone is 1. The number of ether oxygens (including phenoxy) is 2. The number of carbonyl (C=O) groups is 1. The molecule has 1 heterocycles. The molecule has 1 aliphatic heterocycles. The molecule has 3 aliphatic carbocycles. The normalized spacial score (nSPS) is 47.7. The van der Waals surface area contributed by atoms with Gasteiger partial charge in [0, 0.05) is 23.2 Å². The molecule has 0 aromatic carbocycles. The molecule has 0 aromatic heterocycles. The molecule has 1 saturated heterocycles. The Hall–Kier alpha value is -0.710. The van der Waals surface area contributed by atoms with Crippen molar-refractivity contribution in [3.63, 3.8) is 0 Å². The molecule has 1 unspecified atom stereocenters. The second-order valence-electron chi connectivity index (χ2n) is 9.70. The number of aliphatic hydroxyl groups is 1. The molecule has 0 amide bonds. The molecule has 0 radical (unpaired) electrons. The van der Waals surface area contributed by atoms with Crippen molar-refractivity contribution in [3.8, 4) is 0 Å². The molecular formula is C21H32O4. The van der Waals surface area contributed by atoms with E-state index in [1.807, 2.05) is 0 Å². The summed E-state index contributed by atoms with van der Waals surface area (Å²) in [5.74, 6) is -0.270. The maximum atomic E-state index is 11.4. The average molecular weight is 348 g/mol. The first kappa shape index (κ1) is 17.7. The van der Waals surface area contributed by atoms with Crippen LogP contribution >= 0.6 is 0 Å². The van der Waals surface area contributed by atoms with E-state index in [0.717, 1.165) is 32.0 Å². The van der Waals surface area contributed by atoms with Crippen LogP contribution in [0.2, 0.25) is 0 Å². The summed E-state index contributed by atoms with van der Waals surface area (Å²) < 4.78 is 12.3. The van der Waals surface area contributed by atoms with Crippen molar-refractivity contribution < 1.29 is 19.4 Å². The van der Waals surface area contributed by atoms with E-state index in [2.05, 4.69) is 33.8 Å². The van der Waals surface area contributed by atoms with Gasteiger partial charge in [-0.2, -0.15) is 0 Å². The van der Waals surface area contributed by atoms with Crippen LogP contribution in [0.25, 0.3) is 0 Å². The summed E-state index contributed by atoms with van der Waals surface area (Å²) in [5, 5.41) is 10.9. The number of fused-ring (bicyclic) bond motifs is 3. The summed E-state index contributed by atoms with van der Waals surface area (Å²) in [6.45, 7) is 10.5. The van der Waals surface area contributed by atoms with Crippen LogP contribution in [-0.4, -0.2) is 36.5 Å². The van der Waals surface area contributed by atoms with Gasteiger partial charge >= 0.3 is 0 Å². The van der Waals surface area contributed by atoms with Gasteiger partial charge in [0.1, 0.15) is 6.29 Å². The molecule has 0 aromatic rings. The number of aldehydes is 1. The van der Waals surface area contributed by atoms with E-state index in [-0.39, 0.29) is 22.2 Å². The highest BCUT2D eigenvalue weighted by Gasteiger charge is 2.66. The van der Waals surface area contributed by atoms with Gasteiger partial charge in [0.05, 0.1) is 19.3 Å². The van der Waals surface area contributed by atoms with E-state index in [1.165, 1.54) is 5.57 Å². The first-order valence-electron chi connectivity index (χ1n) is 9.84. The van der Waals surface area contributed by atoms with Gasteiger partial charge in [0.25, 0.3) is 0 Å². The third kappa shape index (κ3) is 2.08. The van der Waals surface area contributed by atoms with Crippen molar-refractivity contribution in [2.75, 3.05) is 13.2 Å². The summed E-state index contributed by atoms with van der Waals surface area (Å²) in [7, 11) is 0. The Balaban J connectivity index is 1.76. The Kier molecular flexibility index (Phi) is 3.82. The van der Waals surface area contributed by atoms with Gasteiger partial charge in [0.15, 0.2) is 5.79 Å². The van der Waals surface area contributed by atoms with Gasteiger partial charge in [-0.05, 0) is 37.0 Å². The average Bonchev–Trinajstić information content (AvgIpc) is 3.04. The van der Waals surface area contributed by atoms with Crippen LogP contribution in [0.3, 0.4) is 0 Å². The van der Waals surface area contributed by atoms with E-state index in [9.17, 15) is 9.90 Å². The predicted octanol–water partition coefficient (Wildman–Crippen LogP) is 3.48. The zero-order valence-corrected chi connectivity index (χ0v) is 16.0. The van der Waals surface area contributed by atoms with Crippen LogP contribution in [0.1, 0.15) is 59.8 Å². The summed E-state index contributed by atoms with van der Waals surface area (Å²) >= 11 is 0. The predicted molar refractivity (Wildman–Crippen MR) is 94.8 cm³/mol. The maximum absolute atomic E-state index is 11.4. The SMILES string of the molecule is CC1(C)[C@@H]2CC[C@]3(C)C(=CC[C@H](C=O)C3O)[C@@]2(C)CCC12OCCO2. The Labute approximate surface area is 151 Å². The molecule has 5 atom stereocenters. The number of rotatable bonds is 1. The molecule has 4 aliphatic rings. The van der Waals surface area contributed by atoms with E-state index >= 15 is 0 Å². The van der Waals surface area contributed by atoms with Crippen LogP contribution in [0.5, 0.6) is 0 Å². The molecule has 1 N–H and O–H groups in total. The molecule has 4 nitrogen and oxygen atoms in total. The minimum Gasteiger partial charge on any atom is -0.391 e. The first-order valence-corrected chi connectivity index (χ1v) is 9.84. The second-order valence-corrected chi connectivity index (χ2v) is 9.70. The summed E-state index contributed by atoms with van der Waals surface area (Å²) in [6, 6.07) is 0. The van der Waals surface area contributed by atoms with Crippen LogP contribution in [0.4, 0.5) is 0 Å². The van der Waals surface area contributed by atoms with Crippen LogP contribution in [0.15, 0.2) is 11.6 Å². The Morgan fingerprint density at radius 3 is 2.40 bits per heavy atom. The molecule has 1 spiro atoms. The highest BCUT2D eigenvalue weighted by Crippen LogP contribution is 2.69. The largest absolute Gasteiger partial charge is 0.391 e.